The second-order valence-corrected chi connectivity index (χ2v) is 8.95. The van der Waals surface area contributed by atoms with Crippen molar-refractivity contribution in [3.63, 3.8) is 0 Å². The Balaban J connectivity index is 1.40. The molecule has 2 aliphatic heterocycles. The molecule has 0 radical (unpaired) electrons. The number of anilines is 2. The molecule has 2 N–H and O–H groups in total. The molecule has 0 unspecified atom stereocenters. The number of fused-ring (bicyclic) bond motifs is 1. The number of carbonyl (C=O) groups is 2. The number of likely N-dealkylation sites (N-methyl/N-ethyl adjacent to an activating group) is 1. The van der Waals surface area contributed by atoms with Crippen molar-refractivity contribution in [2.45, 2.75) is 6.92 Å². The number of amides is 2. The highest BCUT2D eigenvalue weighted by atomic mass is 16.2. The topological polar surface area (TPSA) is 64.7 Å². The molecule has 2 aliphatic rings. The van der Waals surface area contributed by atoms with Crippen LogP contribution in [0.5, 0.6) is 0 Å². The molecular weight excluding hydrogens is 424 g/mol. The van der Waals surface area contributed by atoms with Crippen molar-refractivity contribution >= 4 is 28.8 Å². The summed E-state index contributed by atoms with van der Waals surface area (Å²) in [7, 11) is 2.15. The maximum Gasteiger partial charge on any atom is 0.260 e. The van der Waals surface area contributed by atoms with Crippen LogP contribution in [0, 0.1) is 6.92 Å². The largest absolute Gasteiger partial charge is 0.369 e. The number of benzene rings is 3. The summed E-state index contributed by atoms with van der Waals surface area (Å²) in [5, 5.41) is 5.69. The Morgan fingerprint density at radius 2 is 1.47 bits per heavy atom. The standard InChI is InChI=1S/C28H28N4O2/c1-19-3-5-20(6-4-19)21-7-12-24-25(17-21)26(28(34)30-27(24)33)18-29-22-8-10-23(11-9-22)32-15-13-31(2)14-16-32/h3-12,17-18,29H,13-16H2,1-2H3,(H,30,33,34). The van der Waals surface area contributed by atoms with Crippen molar-refractivity contribution < 1.29 is 9.59 Å². The minimum Gasteiger partial charge on any atom is -0.369 e. The van der Waals surface area contributed by atoms with Crippen LogP contribution in [-0.2, 0) is 4.79 Å². The van der Waals surface area contributed by atoms with Crippen LogP contribution in [-0.4, -0.2) is 49.9 Å². The van der Waals surface area contributed by atoms with Crippen molar-refractivity contribution in [1.29, 1.82) is 0 Å². The molecule has 0 aromatic heterocycles. The van der Waals surface area contributed by atoms with Crippen molar-refractivity contribution in [1.82, 2.24) is 10.2 Å². The monoisotopic (exact) mass is 452 g/mol. The number of aryl methyl sites for hydroxylation is 1. The summed E-state index contributed by atoms with van der Waals surface area (Å²) in [5.41, 5.74) is 6.82. The van der Waals surface area contributed by atoms with Crippen LogP contribution in [0.25, 0.3) is 16.7 Å². The minimum atomic E-state index is -0.403. The van der Waals surface area contributed by atoms with E-state index in [0.29, 0.717) is 16.7 Å². The van der Waals surface area contributed by atoms with E-state index < -0.39 is 5.91 Å². The highest BCUT2D eigenvalue weighted by Crippen LogP contribution is 2.30. The van der Waals surface area contributed by atoms with E-state index in [1.54, 1.807) is 12.3 Å². The zero-order chi connectivity index (χ0) is 23.7. The number of rotatable bonds is 4. The van der Waals surface area contributed by atoms with E-state index in [1.807, 2.05) is 43.3 Å². The first kappa shape index (κ1) is 21.9. The molecule has 3 aromatic carbocycles. The molecule has 34 heavy (non-hydrogen) atoms. The number of imide groups is 1. The van der Waals surface area contributed by atoms with Gasteiger partial charge < -0.3 is 15.1 Å². The summed E-state index contributed by atoms with van der Waals surface area (Å²) < 4.78 is 0. The zero-order valence-electron chi connectivity index (χ0n) is 19.5. The molecule has 5 rings (SSSR count). The molecule has 0 saturated carbocycles. The lowest BCUT2D eigenvalue weighted by atomic mass is 9.91. The zero-order valence-corrected chi connectivity index (χ0v) is 19.5. The van der Waals surface area contributed by atoms with Crippen molar-refractivity contribution in [3.05, 3.63) is 89.6 Å². The Bertz CT molecular complexity index is 1250. The van der Waals surface area contributed by atoms with E-state index in [-0.39, 0.29) is 5.91 Å². The molecule has 3 aromatic rings. The summed E-state index contributed by atoms with van der Waals surface area (Å²) in [6.07, 6.45) is 1.68. The predicted molar refractivity (Wildman–Crippen MR) is 137 cm³/mol. The van der Waals surface area contributed by atoms with E-state index >= 15 is 0 Å². The highest BCUT2D eigenvalue weighted by molar-refractivity contribution is 6.31. The third-order valence-electron chi connectivity index (χ3n) is 6.53. The molecular formula is C28H28N4O2. The van der Waals surface area contributed by atoms with E-state index in [1.165, 1.54) is 11.3 Å². The van der Waals surface area contributed by atoms with Gasteiger partial charge in [-0.1, -0.05) is 35.9 Å². The fourth-order valence-corrected chi connectivity index (χ4v) is 4.38. The van der Waals surface area contributed by atoms with Gasteiger partial charge in [-0.3, -0.25) is 14.9 Å². The lowest BCUT2D eigenvalue weighted by Crippen LogP contribution is -2.44. The molecule has 172 valence electrons. The highest BCUT2D eigenvalue weighted by Gasteiger charge is 2.27. The quantitative estimate of drug-likeness (QED) is 0.460. The van der Waals surface area contributed by atoms with Gasteiger partial charge in [0.2, 0.25) is 0 Å². The fraction of sp³-hybridized carbons (Fsp3) is 0.214. The summed E-state index contributed by atoms with van der Waals surface area (Å²) in [5.74, 6) is -0.774. The second kappa shape index (κ2) is 9.15. The summed E-state index contributed by atoms with van der Waals surface area (Å²) in [6.45, 7) is 6.20. The van der Waals surface area contributed by atoms with Gasteiger partial charge >= 0.3 is 0 Å². The first-order valence-electron chi connectivity index (χ1n) is 11.6. The van der Waals surface area contributed by atoms with Crippen molar-refractivity contribution in [2.75, 3.05) is 43.4 Å². The van der Waals surface area contributed by atoms with Crippen LogP contribution < -0.4 is 15.5 Å². The van der Waals surface area contributed by atoms with Gasteiger partial charge in [-0.2, -0.15) is 0 Å². The predicted octanol–water partition coefficient (Wildman–Crippen LogP) is 4.14. The lowest BCUT2D eigenvalue weighted by Gasteiger charge is -2.34. The van der Waals surface area contributed by atoms with Gasteiger partial charge in [0.15, 0.2) is 0 Å². The Morgan fingerprint density at radius 3 is 2.18 bits per heavy atom. The molecule has 0 atom stereocenters. The van der Waals surface area contributed by atoms with Crippen LogP contribution in [0.3, 0.4) is 0 Å². The SMILES string of the molecule is Cc1ccc(-c2ccc3c(c2)C(=CNc2ccc(N4CCN(C)CC4)cc2)C(=O)NC3=O)cc1. The van der Waals surface area contributed by atoms with Crippen LogP contribution >= 0.6 is 0 Å². The Kier molecular flexibility index (Phi) is 5.90. The average Bonchev–Trinajstić information content (AvgIpc) is 2.85. The number of hydrogen-bond donors (Lipinski definition) is 2. The van der Waals surface area contributed by atoms with Crippen LogP contribution in [0.1, 0.15) is 21.5 Å². The number of nitrogens with one attached hydrogen (secondary N) is 2. The smallest absolute Gasteiger partial charge is 0.260 e. The summed E-state index contributed by atoms with van der Waals surface area (Å²) in [6, 6.07) is 22.0. The molecule has 0 aliphatic carbocycles. The molecule has 2 amide bonds. The molecule has 2 heterocycles. The number of hydrogen-bond acceptors (Lipinski definition) is 5. The summed E-state index contributed by atoms with van der Waals surface area (Å²) >= 11 is 0. The molecule has 6 nitrogen and oxygen atoms in total. The first-order chi connectivity index (χ1) is 16.5. The van der Waals surface area contributed by atoms with E-state index in [2.05, 4.69) is 51.7 Å². The Labute approximate surface area is 199 Å². The molecule has 1 saturated heterocycles. The van der Waals surface area contributed by atoms with Gasteiger partial charge in [0, 0.05) is 54.9 Å². The van der Waals surface area contributed by atoms with Crippen molar-refractivity contribution in [2.24, 2.45) is 0 Å². The normalized spacial score (nSPS) is 17.5. The van der Waals surface area contributed by atoms with Gasteiger partial charge in [-0.25, -0.2) is 0 Å². The van der Waals surface area contributed by atoms with Gasteiger partial charge in [-0.05, 0) is 61.5 Å². The van der Waals surface area contributed by atoms with E-state index in [0.717, 1.165) is 43.0 Å². The van der Waals surface area contributed by atoms with Gasteiger partial charge in [0.1, 0.15) is 0 Å². The molecule has 6 heteroatoms. The maximum absolute atomic E-state index is 12.7. The van der Waals surface area contributed by atoms with Crippen molar-refractivity contribution in [3.8, 4) is 11.1 Å². The van der Waals surface area contributed by atoms with Gasteiger partial charge in [0.25, 0.3) is 11.8 Å². The van der Waals surface area contributed by atoms with Crippen LogP contribution in [0.15, 0.2) is 72.9 Å². The van der Waals surface area contributed by atoms with E-state index in [9.17, 15) is 9.59 Å². The fourth-order valence-electron chi connectivity index (χ4n) is 4.38. The molecule has 1 fully saturated rings. The average molecular weight is 453 g/mol. The van der Waals surface area contributed by atoms with Crippen LogP contribution in [0.2, 0.25) is 0 Å². The van der Waals surface area contributed by atoms with Gasteiger partial charge in [-0.15, -0.1) is 0 Å². The lowest BCUT2D eigenvalue weighted by molar-refractivity contribution is -0.114. The Morgan fingerprint density at radius 1 is 0.794 bits per heavy atom. The second-order valence-electron chi connectivity index (χ2n) is 8.95. The third kappa shape index (κ3) is 4.45. The first-order valence-corrected chi connectivity index (χ1v) is 11.6. The van der Waals surface area contributed by atoms with Gasteiger partial charge in [0.05, 0.1) is 5.57 Å². The Hall–Kier alpha value is -3.90. The molecule has 0 bridgehead atoms. The number of piperazine rings is 1. The maximum atomic E-state index is 12.7. The number of nitrogens with zero attached hydrogens (tertiary/aromatic N) is 2. The molecule has 0 spiro atoms. The third-order valence-corrected chi connectivity index (χ3v) is 6.53. The van der Waals surface area contributed by atoms with Crippen LogP contribution in [0.4, 0.5) is 11.4 Å². The minimum absolute atomic E-state index is 0.371. The summed E-state index contributed by atoms with van der Waals surface area (Å²) in [4.78, 5) is 29.9. The van der Waals surface area contributed by atoms with E-state index in [4.69, 9.17) is 0 Å². The number of carbonyl (C=O) groups excluding carboxylic acids is 2.